The predicted octanol–water partition coefficient (Wildman–Crippen LogP) is -1.36. The van der Waals surface area contributed by atoms with Crippen LogP contribution in [0.3, 0.4) is 0 Å². The van der Waals surface area contributed by atoms with Crippen LogP contribution in [0.15, 0.2) is 0 Å². The van der Waals surface area contributed by atoms with Crippen LogP contribution in [-0.4, -0.2) is 121 Å². The Morgan fingerprint density at radius 1 is 0.696 bits per heavy atom. The zero-order chi connectivity index (χ0) is 16.5. The average molecular weight is 474 g/mol. The number of carbonyl (C=O) groups is 2. The molecule has 0 aromatic rings. The summed E-state index contributed by atoms with van der Waals surface area (Å²) >= 11 is 0. The van der Waals surface area contributed by atoms with Gasteiger partial charge in [0.1, 0.15) is 0 Å². The van der Waals surface area contributed by atoms with Gasteiger partial charge in [-0.25, -0.2) is 0 Å². The van der Waals surface area contributed by atoms with Crippen molar-refractivity contribution >= 4 is 11.9 Å². The van der Waals surface area contributed by atoms with E-state index in [4.69, 9.17) is 10.2 Å². The summed E-state index contributed by atoms with van der Waals surface area (Å²) in [5.41, 5.74) is 0. The molecular weight excluding hydrogens is 445 g/mol. The molecule has 2 N–H and O–H groups in total. The fraction of sp³-hybridized carbons (Fsp3) is 0.857. The van der Waals surface area contributed by atoms with Crippen LogP contribution in [0.4, 0.5) is 0 Å². The van der Waals surface area contributed by atoms with Crippen molar-refractivity contribution in [3.8, 4) is 0 Å². The van der Waals surface area contributed by atoms with Crippen molar-refractivity contribution in [2.45, 2.75) is 0 Å². The number of likely N-dealkylation sites (N-methyl/N-ethyl adjacent to an activating group) is 2. The van der Waals surface area contributed by atoms with E-state index in [-0.39, 0.29) is 53.0 Å². The van der Waals surface area contributed by atoms with Crippen LogP contribution >= 0.6 is 0 Å². The molecule has 1 aliphatic heterocycles. The smallest absolute Gasteiger partial charge is 0.317 e. The quantitative estimate of drug-likeness (QED) is 0.518. The molecule has 0 saturated carbocycles. The SMILES string of the molecule is CN1CCN(CC(=O)O)CCN(C)CCN(CC(=O)O)CC1.[Gd]. The first-order valence-electron chi connectivity index (χ1n) is 7.62. The van der Waals surface area contributed by atoms with Crippen LogP contribution in [0.2, 0.25) is 0 Å². The molecule has 136 valence electrons. The molecule has 1 aliphatic rings. The Labute approximate surface area is 170 Å². The van der Waals surface area contributed by atoms with Crippen molar-refractivity contribution in [3.05, 3.63) is 0 Å². The molecule has 0 radical (unpaired) electrons. The van der Waals surface area contributed by atoms with E-state index in [1.165, 1.54) is 0 Å². The van der Waals surface area contributed by atoms with Crippen molar-refractivity contribution < 1.29 is 59.7 Å². The third kappa shape index (κ3) is 11.3. The standard InChI is InChI=1S/C14H28N4O4.Gd/c1-15-3-7-17(11-13(19)20)9-5-16(2)6-10-18(8-4-15)12-14(21)22;/h3-12H2,1-2H3,(H,19,20)(H,21,22);. The van der Waals surface area contributed by atoms with Crippen molar-refractivity contribution in [2.24, 2.45) is 0 Å². The van der Waals surface area contributed by atoms with Crippen LogP contribution in [0.1, 0.15) is 0 Å². The van der Waals surface area contributed by atoms with E-state index in [9.17, 15) is 9.59 Å². The summed E-state index contributed by atoms with van der Waals surface area (Å²) in [4.78, 5) is 30.0. The van der Waals surface area contributed by atoms with E-state index >= 15 is 0 Å². The second-order valence-electron chi connectivity index (χ2n) is 5.95. The largest absolute Gasteiger partial charge is 0.480 e. The molecule has 0 aromatic heterocycles. The number of carboxylic acids is 2. The predicted molar refractivity (Wildman–Crippen MR) is 83.1 cm³/mol. The van der Waals surface area contributed by atoms with E-state index in [1.54, 1.807) is 0 Å². The Morgan fingerprint density at radius 2 is 0.957 bits per heavy atom. The number of rotatable bonds is 4. The van der Waals surface area contributed by atoms with E-state index in [1.807, 2.05) is 23.9 Å². The summed E-state index contributed by atoms with van der Waals surface area (Å²) in [6.07, 6.45) is 0. The molecule has 8 nitrogen and oxygen atoms in total. The maximum atomic E-state index is 10.9. The van der Waals surface area contributed by atoms with E-state index < -0.39 is 11.9 Å². The third-order valence-corrected chi connectivity index (χ3v) is 3.91. The van der Waals surface area contributed by atoms with Crippen molar-refractivity contribution in [3.63, 3.8) is 0 Å². The maximum Gasteiger partial charge on any atom is 0.317 e. The third-order valence-electron chi connectivity index (χ3n) is 3.91. The van der Waals surface area contributed by atoms with Gasteiger partial charge in [0.15, 0.2) is 0 Å². The molecule has 0 unspecified atom stereocenters. The minimum Gasteiger partial charge on any atom is -0.480 e. The number of aliphatic carboxylic acids is 2. The van der Waals surface area contributed by atoms with Gasteiger partial charge in [0.2, 0.25) is 0 Å². The fourth-order valence-corrected chi connectivity index (χ4v) is 2.39. The first-order valence-corrected chi connectivity index (χ1v) is 7.62. The van der Waals surface area contributed by atoms with Crippen molar-refractivity contribution in [1.29, 1.82) is 0 Å². The van der Waals surface area contributed by atoms with Crippen LogP contribution in [0.5, 0.6) is 0 Å². The zero-order valence-corrected chi connectivity index (χ0v) is 16.2. The maximum absolute atomic E-state index is 10.9. The number of hydrogen-bond donors (Lipinski definition) is 2. The Balaban J connectivity index is 0.00000484. The molecule has 1 rings (SSSR count). The molecule has 0 bridgehead atoms. The Hall–Kier alpha value is 0.105. The monoisotopic (exact) mass is 474 g/mol. The van der Waals surface area contributed by atoms with E-state index in [0.29, 0.717) is 26.2 Å². The summed E-state index contributed by atoms with van der Waals surface area (Å²) in [5.74, 6) is -1.60. The summed E-state index contributed by atoms with van der Waals surface area (Å²) in [5, 5.41) is 17.9. The van der Waals surface area contributed by atoms with Crippen LogP contribution < -0.4 is 0 Å². The Kier molecular flexibility index (Phi) is 12.5. The molecule has 0 amide bonds. The van der Waals surface area contributed by atoms with Gasteiger partial charge >= 0.3 is 11.9 Å². The molecule has 1 saturated heterocycles. The number of hydrogen-bond acceptors (Lipinski definition) is 6. The summed E-state index contributed by atoms with van der Waals surface area (Å²) in [6, 6.07) is 0. The van der Waals surface area contributed by atoms with Gasteiger partial charge in [-0.3, -0.25) is 19.4 Å². The molecule has 1 heterocycles. The minimum absolute atomic E-state index is 0. The molecule has 1 fully saturated rings. The Morgan fingerprint density at radius 3 is 1.17 bits per heavy atom. The van der Waals surface area contributed by atoms with E-state index in [2.05, 4.69) is 9.80 Å². The molecule has 0 atom stereocenters. The molecule has 9 heteroatoms. The molecule has 23 heavy (non-hydrogen) atoms. The fourth-order valence-electron chi connectivity index (χ4n) is 2.39. The molecule has 0 aromatic carbocycles. The molecule has 0 spiro atoms. The molecular formula is C14H28GdN4O4. The number of carboxylic acid groups (broad SMARTS) is 2. The molecule has 0 aliphatic carbocycles. The summed E-state index contributed by atoms with van der Waals surface area (Å²) in [6.45, 7) is 6.04. The van der Waals surface area contributed by atoms with Crippen LogP contribution in [0, 0.1) is 39.9 Å². The van der Waals surface area contributed by atoms with E-state index in [0.717, 1.165) is 26.2 Å². The first kappa shape index (κ1) is 23.1. The van der Waals surface area contributed by atoms with Gasteiger partial charge in [0.25, 0.3) is 0 Å². The second-order valence-corrected chi connectivity index (χ2v) is 5.95. The van der Waals surface area contributed by atoms with Crippen molar-refractivity contribution in [1.82, 2.24) is 19.6 Å². The zero-order valence-electron chi connectivity index (χ0n) is 13.9. The second kappa shape index (κ2) is 12.5. The normalized spacial score (nSPS) is 21.0. The van der Waals surface area contributed by atoms with Crippen molar-refractivity contribution in [2.75, 3.05) is 79.5 Å². The van der Waals surface area contributed by atoms with Crippen LogP contribution in [-0.2, 0) is 9.59 Å². The van der Waals surface area contributed by atoms with Gasteiger partial charge in [-0.1, -0.05) is 0 Å². The van der Waals surface area contributed by atoms with Gasteiger partial charge in [-0.2, -0.15) is 0 Å². The summed E-state index contributed by atoms with van der Waals surface area (Å²) in [7, 11) is 3.96. The average Bonchev–Trinajstić information content (AvgIpc) is 2.42. The first-order chi connectivity index (χ1) is 10.4. The van der Waals surface area contributed by atoms with Gasteiger partial charge < -0.3 is 20.0 Å². The minimum atomic E-state index is -0.801. The number of nitrogens with zero attached hydrogens (tertiary/aromatic N) is 4. The van der Waals surface area contributed by atoms with Crippen LogP contribution in [0.25, 0.3) is 0 Å². The van der Waals surface area contributed by atoms with Gasteiger partial charge in [0.05, 0.1) is 13.1 Å². The van der Waals surface area contributed by atoms with Gasteiger partial charge in [-0.15, -0.1) is 0 Å². The van der Waals surface area contributed by atoms with Gasteiger partial charge in [0, 0.05) is 92.3 Å². The van der Waals surface area contributed by atoms with Gasteiger partial charge in [-0.05, 0) is 14.1 Å². The summed E-state index contributed by atoms with van der Waals surface area (Å²) < 4.78 is 0. The Bertz CT molecular complexity index is 323. The topological polar surface area (TPSA) is 87.6 Å².